The Hall–Kier alpha value is -2.24. The highest BCUT2D eigenvalue weighted by Crippen LogP contribution is 2.30. The van der Waals surface area contributed by atoms with Crippen LogP contribution < -0.4 is 0 Å². The number of hydrogen-bond donors (Lipinski definition) is 0. The Morgan fingerprint density at radius 2 is 2.24 bits per heavy atom. The summed E-state index contributed by atoms with van der Waals surface area (Å²) in [5.41, 5.74) is 1.05. The van der Waals surface area contributed by atoms with Crippen LogP contribution in [0, 0.1) is 5.41 Å². The second-order valence-corrected chi connectivity index (χ2v) is 7.90. The zero-order valence-corrected chi connectivity index (χ0v) is 15.2. The van der Waals surface area contributed by atoms with Gasteiger partial charge in [0, 0.05) is 43.4 Å². The van der Waals surface area contributed by atoms with Crippen LogP contribution in [-0.2, 0) is 11.2 Å². The van der Waals surface area contributed by atoms with E-state index in [1.807, 2.05) is 17.0 Å². The molecule has 1 atom stereocenters. The summed E-state index contributed by atoms with van der Waals surface area (Å²) in [5.74, 6) is 1.20. The Bertz CT molecular complexity index is 706. The minimum atomic E-state index is 0.188. The first kappa shape index (κ1) is 17.6. The Morgan fingerprint density at radius 1 is 1.40 bits per heavy atom. The summed E-state index contributed by atoms with van der Waals surface area (Å²) >= 11 is 0. The predicted molar refractivity (Wildman–Crippen MR) is 94.7 cm³/mol. The van der Waals surface area contributed by atoms with Crippen LogP contribution in [-0.4, -0.2) is 38.5 Å². The standard InChI is InChI=1S/C19H26N4O2/c1-19(2,3)12-15-7-5-11-23(15)17(24)9-8-16-21-18(22-25-16)14-6-4-10-20-13-14/h4,6,10,13,15H,5,7-9,11-12H2,1-3H3. The van der Waals surface area contributed by atoms with Crippen LogP contribution in [0.25, 0.3) is 11.4 Å². The number of carbonyl (C=O) groups excluding carboxylic acids is 1. The van der Waals surface area contributed by atoms with Crippen molar-refractivity contribution in [2.45, 2.75) is 58.9 Å². The van der Waals surface area contributed by atoms with Crippen molar-refractivity contribution in [3.63, 3.8) is 0 Å². The van der Waals surface area contributed by atoms with Gasteiger partial charge in [-0.1, -0.05) is 25.9 Å². The number of aromatic nitrogens is 3. The van der Waals surface area contributed by atoms with E-state index >= 15 is 0 Å². The Balaban J connectivity index is 1.56. The molecule has 0 aliphatic carbocycles. The zero-order valence-electron chi connectivity index (χ0n) is 15.2. The van der Waals surface area contributed by atoms with E-state index in [1.54, 1.807) is 12.4 Å². The predicted octanol–water partition coefficient (Wildman–Crippen LogP) is 3.49. The maximum absolute atomic E-state index is 12.6. The van der Waals surface area contributed by atoms with Crippen molar-refractivity contribution < 1.29 is 9.32 Å². The quantitative estimate of drug-likeness (QED) is 0.831. The number of amides is 1. The van der Waals surface area contributed by atoms with Gasteiger partial charge in [-0.25, -0.2) is 0 Å². The van der Waals surface area contributed by atoms with Crippen LogP contribution in [0.5, 0.6) is 0 Å². The van der Waals surface area contributed by atoms with Gasteiger partial charge in [0.2, 0.25) is 17.6 Å². The molecule has 1 amide bonds. The second-order valence-electron chi connectivity index (χ2n) is 7.90. The molecule has 1 aliphatic rings. The molecule has 1 saturated heterocycles. The molecule has 2 aromatic rings. The molecule has 0 radical (unpaired) electrons. The third-order valence-corrected chi connectivity index (χ3v) is 4.49. The van der Waals surface area contributed by atoms with Crippen LogP contribution in [0.2, 0.25) is 0 Å². The van der Waals surface area contributed by atoms with Gasteiger partial charge in [-0.2, -0.15) is 4.98 Å². The summed E-state index contributed by atoms with van der Waals surface area (Å²) in [4.78, 5) is 23.1. The normalized spacial score (nSPS) is 17.9. The topological polar surface area (TPSA) is 72.1 Å². The molecule has 6 heteroatoms. The molecule has 134 valence electrons. The van der Waals surface area contributed by atoms with E-state index in [0.29, 0.717) is 30.6 Å². The van der Waals surface area contributed by atoms with Crippen LogP contribution in [0.4, 0.5) is 0 Å². The average molecular weight is 342 g/mol. The fourth-order valence-electron chi connectivity index (χ4n) is 3.41. The number of nitrogens with zero attached hydrogens (tertiary/aromatic N) is 4. The summed E-state index contributed by atoms with van der Waals surface area (Å²) in [6.07, 6.45) is 7.53. The first-order valence-electron chi connectivity index (χ1n) is 8.95. The van der Waals surface area contributed by atoms with E-state index in [-0.39, 0.29) is 11.3 Å². The Morgan fingerprint density at radius 3 is 2.96 bits per heavy atom. The Kier molecular flexibility index (Phi) is 5.16. The third-order valence-electron chi connectivity index (χ3n) is 4.49. The molecule has 3 rings (SSSR count). The van der Waals surface area contributed by atoms with E-state index in [9.17, 15) is 4.79 Å². The molecule has 3 heterocycles. The highest BCUT2D eigenvalue weighted by atomic mass is 16.5. The van der Waals surface area contributed by atoms with Crippen LogP contribution >= 0.6 is 0 Å². The lowest BCUT2D eigenvalue weighted by molar-refractivity contribution is -0.132. The molecule has 0 aromatic carbocycles. The van der Waals surface area contributed by atoms with Crippen molar-refractivity contribution >= 4 is 5.91 Å². The van der Waals surface area contributed by atoms with E-state index in [1.165, 1.54) is 0 Å². The number of hydrogen-bond acceptors (Lipinski definition) is 5. The second kappa shape index (κ2) is 7.33. The summed E-state index contributed by atoms with van der Waals surface area (Å²) in [6.45, 7) is 7.55. The SMILES string of the molecule is CC(C)(C)CC1CCCN1C(=O)CCc1nc(-c2cccnc2)no1. The molecule has 1 aliphatic heterocycles. The molecule has 1 unspecified atom stereocenters. The van der Waals surface area contributed by atoms with Gasteiger partial charge in [-0.05, 0) is 36.8 Å². The lowest BCUT2D eigenvalue weighted by Crippen LogP contribution is -2.37. The van der Waals surface area contributed by atoms with Crippen molar-refractivity contribution in [1.29, 1.82) is 0 Å². The minimum absolute atomic E-state index is 0.188. The van der Waals surface area contributed by atoms with Gasteiger partial charge in [0.15, 0.2) is 0 Å². The largest absolute Gasteiger partial charge is 0.340 e. The van der Waals surface area contributed by atoms with Gasteiger partial charge in [-0.15, -0.1) is 0 Å². The molecule has 0 saturated carbocycles. The molecule has 6 nitrogen and oxygen atoms in total. The van der Waals surface area contributed by atoms with Gasteiger partial charge < -0.3 is 9.42 Å². The molecule has 0 spiro atoms. The molecule has 25 heavy (non-hydrogen) atoms. The lowest BCUT2D eigenvalue weighted by atomic mass is 9.87. The molecular formula is C19H26N4O2. The monoisotopic (exact) mass is 342 g/mol. The van der Waals surface area contributed by atoms with Crippen molar-refractivity contribution in [2.75, 3.05) is 6.54 Å². The average Bonchev–Trinajstić information content (AvgIpc) is 3.21. The van der Waals surface area contributed by atoms with Gasteiger partial charge >= 0.3 is 0 Å². The van der Waals surface area contributed by atoms with Crippen molar-refractivity contribution in [2.24, 2.45) is 5.41 Å². The van der Waals surface area contributed by atoms with Gasteiger partial charge in [0.25, 0.3) is 0 Å². The zero-order chi connectivity index (χ0) is 17.9. The minimum Gasteiger partial charge on any atom is -0.340 e. The molecule has 1 fully saturated rings. The summed E-state index contributed by atoms with van der Waals surface area (Å²) in [5, 5.41) is 3.97. The van der Waals surface area contributed by atoms with E-state index in [0.717, 1.165) is 31.4 Å². The number of rotatable bonds is 5. The highest BCUT2D eigenvalue weighted by molar-refractivity contribution is 5.77. The fourth-order valence-corrected chi connectivity index (χ4v) is 3.41. The molecule has 2 aromatic heterocycles. The first-order chi connectivity index (χ1) is 11.9. The number of likely N-dealkylation sites (tertiary alicyclic amines) is 1. The summed E-state index contributed by atoms with van der Waals surface area (Å²) in [7, 11) is 0. The van der Waals surface area contributed by atoms with Crippen molar-refractivity contribution in [3.05, 3.63) is 30.4 Å². The lowest BCUT2D eigenvalue weighted by Gasteiger charge is -2.30. The Labute approximate surface area is 148 Å². The van der Waals surface area contributed by atoms with Crippen LogP contribution in [0.15, 0.2) is 29.0 Å². The smallest absolute Gasteiger partial charge is 0.227 e. The first-order valence-corrected chi connectivity index (χ1v) is 8.95. The van der Waals surface area contributed by atoms with Crippen LogP contribution in [0.1, 0.15) is 52.3 Å². The number of aryl methyl sites for hydroxylation is 1. The molecule has 0 bridgehead atoms. The van der Waals surface area contributed by atoms with E-state index in [2.05, 4.69) is 35.9 Å². The fraction of sp³-hybridized carbons (Fsp3) is 0.579. The van der Waals surface area contributed by atoms with Crippen molar-refractivity contribution in [1.82, 2.24) is 20.0 Å². The number of pyridine rings is 1. The number of carbonyl (C=O) groups is 1. The van der Waals surface area contributed by atoms with E-state index < -0.39 is 0 Å². The summed E-state index contributed by atoms with van der Waals surface area (Å²) < 4.78 is 5.28. The van der Waals surface area contributed by atoms with E-state index in [4.69, 9.17) is 4.52 Å². The summed E-state index contributed by atoms with van der Waals surface area (Å²) in [6, 6.07) is 4.08. The van der Waals surface area contributed by atoms with Gasteiger partial charge in [0.05, 0.1) is 0 Å². The van der Waals surface area contributed by atoms with Crippen molar-refractivity contribution in [3.8, 4) is 11.4 Å². The van der Waals surface area contributed by atoms with Gasteiger partial charge in [0.1, 0.15) is 0 Å². The maximum atomic E-state index is 12.6. The van der Waals surface area contributed by atoms with Crippen LogP contribution in [0.3, 0.4) is 0 Å². The van der Waals surface area contributed by atoms with Gasteiger partial charge in [-0.3, -0.25) is 9.78 Å². The third kappa shape index (κ3) is 4.65. The maximum Gasteiger partial charge on any atom is 0.227 e. The highest BCUT2D eigenvalue weighted by Gasteiger charge is 2.31. The molecule has 0 N–H and O–H groups in total. The molecular weight excluding hydrogens is 316 g/mol.